The monoisotopic (exact) mass is 234 g/mol. The van der Waals surface area contributed by atoms with Gasteiger partial charge in [0.05, 0.1) is 6.10 Å². The molecular weight excluding hydrogens is 212 g/mol. The summed E-state index contributed by atoms with van der Waals surface area (Å²) < 4.78 is 0. The Bertz CT molecular complexity index is 378. The molecule has 1 aliphatic carbocycles. The summed E-state index contributed by atoms with van der Waals surface area (Å²) in [5.41, 5.74) is 15.1. The SMILES string of the molecule is NCCC(N)C(O)c1ccc2c(c1)CCCC2. The minimum absolute atomic E-state index is 0.262. The minimum atomic E-state index is -0.592. The zero-order valence-corrected chi connectivity index (χ0v) is 10.2. The number of aryl methyl sites for hydroxylation is 2. The quantitative estimate of drug-likeness (QED) is 0.734. The second kappa shape index (κ2) is 5.63. The van der Waals surface area contributed by atoms with Gasteiger partial charge in [0.15, 0.2) is 0 Å². The summed E-state index contributed by atoms with van der Waals surface area (Å²) in [5, 5.41) is 10.1. The van der Waals surface area contributed by atoms with E-state index >= 15 is 0 Å². The molecular formula is C14H22N2O. The lowest BCUT2D eigenvalue weighted by Crippen LogP contribution is -2.30. The van der Waals surface area contributed by atoms with Gasteiger partial charge in [-0.05, 0) is 55.3 Å². The highest BCUT2D eigenvalue weighted by Gasteiger charge is 2.18. The first kappa shape index (κ1) is 12.6. The molecule has 1 aromatic carbocycles. The predicted octanol–water partition coefficient (Wildman–Crippen LogP) is 1.27. The summed E-state index contributed by atoms with van der Waals surface area (Å²) >= 11 is 0. The van der Waals surface area contributed by atoms with Crippen molar-refractivity contribution < 1.29 is 5.11 Å². The third kappa shape index (κ3) is 2.86. The molecule has 0 aromatic heterocycles. The zero-order valence-electron chi connectivity index (χ0n) is 10.2. The Morgan fingerprint density at radius 1 is 1.18 bits per heavy atom. The maximum atomic E-state index is 10.1. The van der Waals surface area contributed by atoms with E-state index in [1.165, 1.54) is 30.4 Å². The number of hydrogen-bond donors (Lipinski definition) is 3. The van der Waals surface area contributed by atoms with Crippen LogP contribution >= 0.6 is 0 Å². The number of hydrogen-bond acceptors (Lipinski definition) is 3. The van der Waals surface area contributed by atoms with Crippen molar-refractivity contribution in [3.05, 3.63) is 34.9 Å². The van der Waals surface area contributed by atoms with Crippen molar-refractivity contribution in [2.75, 3.05) is 6.54 Å². The number of nitrogens with two attached hydrogens (primary N) is 2. The average Bonchev–Trinajstić information content (AvgIpc) is 2.37. The fourth-order valence-electron chi connectivity index (χ4n) is 2.53. The van der Waals surface area contributed by atoms with E-state index in [0.717, 1.165) is 12.0 Å². The molecule has 1 aliphatic rings. The van der Waals surface area contributed by atoms with Crippen LogP contribution in [0.4, 0.5) is 0 Å². The Morgan fingerprint density at radius 3 is 2.59 bits per heavy atom. The molecule has 0 saturated carbocycles. The van der Waals surface area contributed by atoms with E-state index in [4.69, 9.17) is 11.5 Å². The standard InChI is InChI=1S/C14H22N2O/c15-8-7-13(16)14(17)12-6-5-10-3-1-2-4-11(10)9-12/h5-6,9,13-14,17H,1-4,7-8,15-16H2. The Morgan fingerprint density at radius 2 is 1.88 bits per heavy atom. The zero-order chi connectivity index (χ0) is 12.3. The van der Waals surface area contributed by atoms with Gasteiger partial charge in [-0.25, -0.2) is 0 Å². The molecule has 0 aliphatic heterocycles. The first-order chi connectivity index (χ1) is 8.22. The van der Waals surface area contributed by atoms with Crippen LogP contribution in [0.2, 0.25) is 0 Å². The average molecular weight is 234 g/mol. The van der Waals surface area contributed by atoms with Crippen LogP contribution in [0.1, 0.15) is 42.1 Å². The number of rotatable bonds is 4. The molecule has 2 rings (SSSR count). The molecule has 0 bridgehead atoms. The van der Waals surface area contributed by atoms with E-state index < -0.39 is 6.10 Å². The van der Waals surface area contributed by atoms with Crippen LogP contribution in [-0.4, -0.2) is 17.7 Å². The van der Waals surface area contributed by atoms with E-state index in [1.54, 1.807) is 0 Å². The molecule has 0 radical (unpaired) electrons. The van der Waals surface area contributed by atoms with E-state index in [-0.39, 0.29) is 6.04 Å². The maximum absolute atomic E-state index is 10.1. The fourth-order valence-corrected chi connectivity index (χ4v) is 2.53. The van der Waals surface area contributed by atoms with Crippen LogP contribution < -0.4 is 11.5 Å². The lowest BCUT2D eigenvalue weighted by molar-refractivity contribution is 0.143. The largest absolute Gasteiger partial charge is 0.387 e. The van der Waals surface area contributed by atoms with Crippen LogP contribution in [0, 0.1) is 0 Å². The molecule has 0 amide bonds. The topological polar surface area (TPSA) is 72.3 Å². The molecule has 0 fully saturated rings. The Kier molecular flexibility index (Phi) is 4.15. The fraction of sp³-hybridized carbons (Fsp3) is 0.571. The predicted molar refractivity (Wildman–Crippen MR) is 69.7 cm³/mol. The highest BCUT2D eigenvalue weighted by molar-refractivity contribution is 5.35. The summed E-state index contributed by atoms with van der Waals surface area (Å²) in [5.74, 6) is 0. The van der Waals surface area contributed by atoms with Gasteiger partial charge in [0.1, 0.15) is 0 Å². The highest BCUT2D eigenvalue weighted by atomic mass is 16.3. The van der Waals surface area contributed by atoms with E-state index in [1.807, 2.05) is 6.07 Å². The van der Waals surface area contributed by atoms with Gasteiger partial charge < -0.3 is 16.6 Å². The van der Waals surface area contributed by atoms with Crippen molar-refractivity contribution in [1.82, 2.24) is 0 Å². The number of fused-ring (bicyclic) bond motifs is 1. The molecule has 17 heavy (non-hydrogen) atoms. The number of benzene rings is 1. The van der Waals surface area contributed by atoms with Gasteiger partial charge in [-0.3, -0.25) is 0 Å². The second-order valence-electron chi connectivity index (χ2n) is 4.92. The van der Waals surface area contributed by atoms with Gasteiger partial charge in [-0.2, -0.15) is 0 Å². The Labute approximate surface area is 103 Å². The lowest BCUT2D eigenvalue weighted by Gasteiger charge is -2.22. The van der Waals surface area contributed by atoms with Crippen molar-refractivity contribution in [2.24, 2.45) is 11.5 Å². The highest BCUT2D eigenvalue weighted by Crippen LogP contribution is 2.26. The summed E-state index contributed by atoms with van der Waals surface area (Å²) in [6.07, 6.45) is 4.88. The van der Waals surface area contributed by atoms with Crippen LogP contribution in [0.15, 0.2) is 18.2 Å². The molecule has 3 nitrogen and oxygen atoms in total. The van der Waals surface area contributed by atoms with Crippen molar-refractivity contribution >= 4 is 0 Å². The van der Waals surface area contributed by atoms with Crippen LogP contribution in [0.5, 0.6) is 0 Å². The summed E-state index contributed by atoms with van der Waals surface area (Å²) in [6.45, 7) is 0.517. The van der Waals surface area contributed by atoms with Crippen molar-refractivity contribution in [1.29, 1.82) is 0 Å². The minimum Gasteiger partial charge on any atom is -0.387 e. The van der Waals surface area contributed by atoms with Gasteiger partial charge in [0.2, 0.25) is 0 Å². The summed E-state index contributed by atoms with van der Waals surface area (Å²) in [6, 6.07) is 6.00. The van der Waals surface area contributed by atoms with E-state index in [0.29, 0.717) is 13.0 Å². The smallest absolute Gasteiger partial charge is 0.0941 e. The van der Waals surface area contributed by atoms with Crippen LogP contribution in [-0.2, 0) is 12.8 Å². The molecule has 0 heterocycles. The second-order valence-corrected chi connectivity index (χ2v) is 4.92. The van der Waals surface area contributed by atoms with Crippen molar-refractivity contribution in [3.63, 3.8) is 0 Å². The van der Waals surface area contributed by atoms with Crippen molar-refractivity contribution in [3.8, 4) is 0 Å². The van der Waals surface area contributed by atoms with Gasteiger partial charge in [-0.1, -0.05) is 18.2 Å². The molecule has 94 valence electrons. The maximum Gasteiger partial charge on any atom is 0.0941 e. The van der Waals surface area contributed by atoms with Gasteiger partial charge in [0, 0.05) is 6.04 Å². The Hall–Kier alpha value is -0.900. The number of aliphatic hydroxyl groups is 1. The molecule has 3 heteroatoms. The summed E-state index contributed by atoms with van der Waals surface area (Å²) in [7, 11) is 0. The molecule has 1 aromatic rings. The normalized spacial score (nSPS) is 18.5. The van der Waals surface area contributed by atoms with Crippen LogP contribution in [0.25, 0.3) is 0 Å². The molecule has 2 atom stereocenters. The van der Waals surface area contributed by atoms with E-state index in [2.05, 4.69) is 12.1 Å². The van der Waals surface area contributed by atoms with Crippen molar-refractivity contribution in [2.45, 2.75) is 44.2 Å². The van der Waals surface area contributed by atoms with Gasteiger partial charge in [-0.15, -0.1) is 0 Å². The Balaban J connectivity index is 2.15. The molecule has 0 saturated heterocycles. The van der Waals surface area contributed by atoms with E-state index in [9.17, 15) is 5.11 Å². The van der Waals surface area contributed by atoms with Gasteiger partial charge >= 0.3 is 0 Å². The number of aliphatic hydroxyl groups excluding tert-OH is 1. The van der Waals surface area contributed by atoms with Crippen LogP contribution in [0.3, 0.4) is 0 Å². The molecule has 5 N–H and O–H groups in total. The summed E-state index contributed by atoms with van der Waals surface area (Å²) in [4.78, 5) is 0. The first-order valence-electron chi connectivity index (χ1n) is 6.48. The third-order valence-electron chi connectivity index (χ3n) is 3.62. The van der Waals surface area contributed by atoms with Gasteiger partial charge in [0.25, 0.3) is 0 Å². The molecule has 0 spiro atoms. The molecule has 2 unspecified atom stereocenters. The first-order valence-corrected chi connectivity index (χ1v) is 6.48. The lowest BCUT2D eigenvalue weighted by atomic mass is 9.88. The third-order valence-corrected chi connectivity index (χ3v) is 3.62.